The van der Waals surface area contributed by atoms with Crippen LogP contribution in [0.3, 0.4) is 0 Å². The second-order valence-corrected chi connectivity index (χ2v) is 11.9. The van der Waals surface area contributed by atoms with Crippen LogP contribution in [0.5, 0.6) is 0 Å². The van der Waals surface area contributed by atoms with Gasteiger partial charge in [-0.3, -0.25) is 9.59 Å². The van der Waals surface area contributed by atoms with Crippen LogP contribution in [0.15, 0.2) is 18.2 Å². The molecule has 8 bridgehead atoms. The molecule has 2 aliphatic heterocycles. The SMILES string of the molecule is CCc1c(C)c2cc3[nH]c(cc4nc(c(CO)c5nc(cc1[nH]2)C(C)=C5CCC(=O)OC)C(CCC(=O)OC)=C4C)c(C)c3CC. The molecule has 9 heteroatoms. The molecular weight excluding hydrogens is 580 g/mol. The van der Waals surface area contributed by atoms with E-state index in [1.54, 1.807) is 0 Å². The highest BCUT2D eigenvalue weighted by molar-refractivity contribution is 5.98. The molecule has 0 atom stereocenters. The van der Waals surface area contributed by atoms with E-state index in [0.717, 1.165) is 74.2 Å². The summed E-state index contributed by atoms with van der Waals surface area (Å²) >= 11 is 0. The van der Waals surface area contributed by atoms with Gasteiger partial charge in [-0.1, -0.05) is 13.8 Å². The lowest BCUT2D eigenvalue weighted by atomic mass is 9.94. The Morgan fingerprint density at radius 1 is 0.674 bits per heavy atom. The second kappa shape index (κ2) is 13.5. The molecule has 0 spiro atoms. The van der Waals surface area contributed by atoms with Gasteiger partial charge in [0.1, 0.15) is 0 Å². The highest BCUT2D eigenvalue weighted by Gasteiger charge is 2.27. The number of nitrogens with zero attached hydrogens (tertiary/aromatic N) is 2. The highest BCUT2D eigenvalue weighted by Crippen LogP contribution is 2.41. The van der Waals surface area contributed by atoms with Crippen LogP contribution in [0.25, 0.3) is 44.4 Å². The predicted octanol–water partition coefficient (Wildman–Crippen LogP) is 7.32. The van der Waals surface area contributed by atoms with Crippen molar-refractivity contribution < 1.29 is 24.2 Å². The van der Waals surface area contributed by atoms with E-state index >= 15 is 0 Å². The number of rotatable bonds is 9. The minimum atomic E-state index is -0.325. The zero-order valence-electron chi connectivity index (χ0n) is 28.2. The molecular formula is C37H44N4O5. The molecule has 0 radical (unpaired) electrons. The first-order chi connectivity index (χ1) is 22.1. The number of allylic oxidation sites excluding steroid dienone is 4. The van der Waals surface area contributed by atoms with Crippen molar-refractivity contribution in [1.82, 2.24) is 19.9 Å². The van der Waals surface area contributed by atoms with Gasteiger partial charge >= 0.3 is 11.9 Å². The third-order valence-electron chi connectivity index (χ3n) is 9.51. The monoisotopic (exact) mass is 624 g/mol. The lowest BCUT2D eigenvalue weighted by Crippen LogP contribution is -2.04. The zero-order chi connectivity index (χ0) is 33.3. The minimum Gasteiger partial charge on any atom is -0.469 e. The molecule has 9 nitrogen and oxygen atoms in total. The van der Waals surface area contributed by atoms with Crippen LogP contribution in [-0.2, 0) is 38.5 Å². The van der Waals surface area contributed by atoms with E-state index in [4.69, 9.17) is 19.4 Å². The van der Waals surface area contributed by atoms with Crippen LogP contribution in [0.4, 0.5) is 0 Å². The van der Waals surface area contributed by atoms with Crippen molar-refractivity contribution in [1.29, 1.82) is 0 Å². The van der Waals surface area contributed by atoms with Crippen LogP contribution in [-0.4, -0.2) is 51.2 Å². The summed E-state index contributed by atoms with van der Waals surface area (Å²) in [7, 11) is 2.76. The molecule has 3 aromatic heterocycles. The molecule has 0 unspecified atom stereocenters. The molecule has 0 saturated carbocycles. The maximum Gasteiger partial charge on any atom is 0.305 e. The lowest BCUT2D eigenvalue weighted by Gasteiger charge is -2.11. The Hall–Kier alpha value is -4.50. The molecule has 0 aliphatic carbocycles. The normalized spacial score (nSPS) is 13.1. The van der Waals surface area contributed by atoms with E-state index in [1.165, 1.54) is 30.9 Å². The summed E-state index contributed by atoms with van der Waals surface area (Å²) in [6.07, 6.45) is 2.82. The Kier molecular flexibility index (Phi) is 9.63. The molecule has 0 fully saturated rings. The molecule has 2 aliphatic rings. The van der Waals surface area contributed by atoms with Crippen molar-refractivity contribution >= 4 is 56.3 Å². The van der Waals surface area contributed by atoms with E-state index in [0.29, 0.717) is 29.8 Å². The third kappa shape index (κ3) is 5.91. The van der Waals surface area contributed by atoms with Gasteiger partial charge in [-0.25, -0.2) is 9.97 Å². The van der Waals surface area contributed by atoms with Gasteiger partial charge in [0.15, 0.2) is 0 Å². The summed E-state index contributed by atoms with van der Waals surface area (Å²) in [5.74, 6) is -0.640. The van der Waals surface area contributed by atoms with Crippen molar-refractivity contribution in [3.05, 3.63) is 68.8 Å². The van der Waals surface area contributed by atoms with Gasteiger partial charge < -0.3 is 24.5 Å². The van der Waals surface area contributed by atoms with Crippen molar-refractivity contribution in [2.45, 2.75) is 86.7 Å². The van der Waals surface area contributed by atoms with Crippen LogP contribution in [0.2, 0.25) is 0 Å². The number of aromatic nitrogens is 4. The number of H-pyrrole nitrogens is 2. The van der Waals surface area contributed by atoms with Gasteiger partial charge in [-0.05, 0) is 116 Å². The Morgan fingerprint density at radius 3 is 1.50 bits per heavy atom. The molecule has 0 aromatic carbocycles. The smallest absolute Gasteiger partial charge is 0.305 e. The summed E-state index contributed by atoms with van der Waals surface area (Å²) in [6, 6.07) is 6.31. The van der Waals surface area contributed by atoms with Crippen LogP contribution >= 0.6 is 0 Å². The van der Waals surface area contributed by atoms with E-state index in [-0.39, 0.29) is 31.4 Å². The molecule has 46 heavy (non-hydrogen) atoms. The first-order valence-corrected chi connectivity index (χ1v) is 16.0. The number of ether oxygens (including phenoxy) is 2. The highest BCUT2D eigenvalue weighted by atomic mass is 16.5. The molecule has 5 rings (SSSR count). The molecule has 3 aromatic rings. The number of aliphatic hydroxyl groups excluding tert-OH is 1. The average Bonchev–Trinajstić information content (AvgIpc) is 3.72. The second-order valence-electron chi connectivity index (χ2n) is 11.9. The number of aromatic amines is 2. The maximum atomic E-state index is 12.3. The van der Waals surface area contributed by atoms with Crippen molar-refractivity contribution in [2.24, 2.45) is 0 Å². The Balaban J connectivity index is 1.95. The van der Waals surface area contributed by atoms with Crippen molar-refractivity contribution in [3.63, 3.8) is 0 Å². The average molecular weight is 625 g/mol. The molecule has 0 saturated heterocycles. The Bertz CT molecular complexity index is 1960. The summed E-state index contributed by atoms with van der Waals surface area (Å²) in [5, 5.41) is 11.0. The Morgan fingerprint density at radius 2 is 1.09 bits per heavy atom. The van der Waals surface area contributed by atoms with Crippen LogP contribution in [0.1, 0.15) is 104 Å². The summed E-state index contributed by atoms with van der Waals surface area (Å²) < 4.78 is 9.92. The number of methoxy groups -OCH3 is 2. The van der Waals surface area contributed by atoms with E-state index in [2.05, 4.69) is 55.9 Å². The van der Waals surface area contributed by atoms with Crippen molar-refractivity contribution in [3.8, 4) is 0 Å². The van der Waals surface area contributed by atoms with E-state index < -0.39 is 0 Å². The van der Waals surface area contributed by atoms with Gasteiger partial charge in [-0.2, -0.15) is 0 Å². The standard InChI is InChI=1S/C37H44N4O5/c1-9-23-19(3)28-15-30-21(5)25(11-13-34(43)45-7)36(40-30)27(18-42)37-26(12-14-35(44)46-8)22(6)31(41-37)17-33-24(10-2)20(4)29(39-33)16-32(23)38-28/h15-17,38-39,42H,9-14,18H2,1-8H3. The fourth-order valence-corrected chi connectivity index (χ4v) is 6.74. The summed E-state index contributed by atoms with van der Waals surface area (Å²) in [6.45, 7) is 12.3. The number of nitrogens with one attached hydrogen (secondary N) is 2. The number of carbonyl (C=O) groups excluding carboxylic acids is 2. The first-order valence-electron chi connectivity index (χ1n) is 16.0. The quantitative estimate of drug-likeness (QED) is 0.213. The molecule has 242 valence electrons. The summed E-state index contributed by atoms with van der Waals surface area (Å²) in [4.78, 5) is 42.1. The minimum absolute atomic E-state index is 0.171. The largest absolute Gasteiger partial charge is 0.469 e. The Labute approximate surface area is 269 Å². The van der Waals surface area contributed by atoms with Gasteiger partial charge in [-0.15, -0.1) is 0 Å². The number of hydrogen-bond donors (Lipinski definition) is 3. The van der Waals surface area contributed by atoms with Gasteiger partial charge in [0, 0.05) is 40.5 Å². The lowest BCUT2D eigenvalue weighted by molar-refractivity contribution is -0.141. The number of aryl methyl sites for hydroxylation is 4. The summed E-state index contributed by atoms with van der Waals surface area (Å²) in [5.41, 5.74) is 15.6. The third-order valence-corrected chi connectivity index (χ3v) is 9.51. The molecule has 5 heterocycles. The number of aliphatic hydroxyl groups is 1. The van der Waals surface area contributed by atoms with Crippen molar-refractivity contribution in [2.75, 3.05) is 14.2 Å². The first kappa shape index (κ1) is 32.9. The number of esters is 2. The fourth-order valence-electron chi connectivity index (χ4n) is 6.74. The fraction of sp³-hybridized carbons (Fsp3) is 0.405. The molecule has 0 amide bonds. The number of fused-ring (bicyclic) bond motifs is 8. The van der Waals surface area contributed by atoms with Gasteiger partial charge in [0.05, 0.1) is 43.6 Å². The van der Waals surface area contributed by atoms with Crippen LogP contribution in [0, 0.1) is 13.8 Å². The topological polar surface area (TPSA) is 130 Å². The predicted molar refractivity (Wildman–Crippen MR) is 183 cm³/mol. The van der Waals surface area contributed by atoms with Gasteiger partial charge in [0.2, 0.25) is 0 Å². The number of hydrogen-bond acceptors (Lipinski definition) is 7. The maximum absolute atomic E-state index is 12.3. The van der Waals surface area contributed by atoms with E-state index in [9.17, 15) is 14.7 Å². The van der Waals surface area contributed by atoms with Crippen LogP contribution < -0.4 is 0 Å². The van der Waals surface area contributed by atoms with Gasteiger partial charge in [0.25, 0.3) is 0 Å². The van der Waals surface area contributed by atoms with E-state index in [1.807, 2.05) is 13.8 Å². The molecule has 3 N–H and O–H groups in total. The zero-order valence-corrected chi connectivity index (χ0v) is 28.2. The number of carbonyl (C=O) groups is 2.